The van der Waals surface area contributed by atoms with Gasteiger partial charge in [0.2, 0.25) is 5.91 Å². The lowest BCUT2D eigenvalue weighted by molar-refractivity contribution is -0.164. The average Bonchev–Trinajstić information content (AvgIpc) is 3.22. The maximum absolute atomic E-state index is 13.5. The highest BCUT2D eigenvalue weighted by atomic mass is 19.1. The third-order valence-corrected chi connectivity index (χ3v) is 8.40. The third kappa shape index (κ3) is 4.36. The fourth-order valence-corrected chi connectivity index (χ4v) is 6.33. The quantitative estimate of drug-likeness (QED) is 0.484. The molecule has 5 atom stereocenters. The van der Waals surface area contributed by atoms with Gasteiger partial charge >= 0.3 is 5.97 Å². The number of hydrogen-bond donors (Lipinski definition) is 2. The lowest BCUT2D eigenvalue weighted by Gasteiger charge is -2.58. The summed E-state index contributed by atoms with van der Waals surface area (Å²) >= 11 is 0. The van der Waals surface area contributed by atoms with Crippen molar-refractivity contribution >= 4 is 11.9 Å². The highest BCUT2D eigenvalue weighted by Gasteiger charge is 2.60. The Hall–Kier alpha value is -2.73. The molecule has 34 heavy (non-hydrogen) atoms. The smallest absolute Gasteiger partial charge is 0.338 e. The van der Waals surface area contributed by atoms with Crippen LogP contribution in [0.1, 0.15) is 45.1 Å². The highest BCUT2D eigenvalue weighted by Crippen LogP contribution is 2.61. The van der Waals surface area contributed by atoms with Crippen LogP contribution < -0.4 is 5.32 Å². The number of aliphatic hydroxyl groups is 1. The van der Waals surface area contributed by atoms with Gasteiger partial charge in [0.1, 0.15) is 12.4 Å². The number of rotatable bonds is 6. The second kappa shape index (κ2) is 9.49. The fourth-order valence-electron chi connectivity index (χ4n) is 6.33. The van der Waals surface area contributed by atoms with Crippen molar-refractivity contribution in [3.8, 4) is 0 Å². The van der Waals surface area contributed by atoms with Gasteiger partial charge in [-0.3, -0.25) is 4.79 Å². The van der Waals surface area contributed by atoms with Crippen LogP contribution in [0.3, 0.4) is 0 Å². The van der Waals surface area contributed by atoms with Crippen molar-refractivity contribution in [2.75, 3.05) is 13.2 Å². The first-order chi connectivity index (χ1) is 16.2. The molecule has 182 valence electrons. The number of aliphatic hydroxyl groups excluding tert-OH is 1. The Morgan fingerprint density at radius 3 is 2.71 bits per heavy atom. The summed E-state index contributed by atoms with van der Waals surface area (Å²) in [5.74, 6) is -0.786. The van der Waals surface area contributed by atoms with E-state index in [0.717, 1.165) is 30.4 Å². The first kappa shape index (κ1) is 24.4. The number of carbonyl (C=O) groups is 2. The van der Waals surface area contributed by atoms with Gasteiger partial charge in [0, 0.05) is 12.5 Å². The van der Waals surface area contributed by atoms with E-state index >= 15 is 0 Å². The van der Waals surface area contributed by atoms with Gasteiger partial charge in [-0.05, 0) is 74.1 Å². The Balaban J connectivity index is 1.52. The molecule has 1 aliphatic heterocycles. The van der Waals surface area contributed by atoms with Crippen molar-refractivity contribution < 1.29 is 23.8 Å². The number of allylic oxidation sites excluding steroid dienone is 2. The standard InChI is InChI=1S/C28H34FNO4/c1-18-4-11-23-27(2,22(18)10-7-20-14-17-34-25(20)32)15-12-24(31)28(23,3)26(33)30-16-13-19-5-8-21(29)9-6-19/h5-10,14,22-24,31H,1,4,11-13,15-17H2,2-3H3,(H,30,33)/b10-7+/t22-,23+,24-,27+,28+/m1/s1. The molecule has 1 aromatic carbocycles. The van der Waals surface area contributed by atoms with Gasteiger partial charge in [-0.1, -0.05) is 43.4 Å². The molecule has 6 heteroatoms. The molecule has 1 amide bonds. The van der Waals surface area contributed by atoms with Crippen LogP contribution in [0.4, 0.5) is 4.39 Å². The predicted octanol–water partition coefficient (Wildman–Crippen LogP) is 4.27. The number of fused-ring (bicyclic) bond motifs is 1. The van der Waals surface area contributed by atoms with E-state index < -0.39 is 11.5 Å². The first-order valence-corrected chi connectivity index (χ1v) is 12.1. The molecule has 0 aromatic heterocycles. The van der Waals surface area contributed by atoms with E-state index in [1.807, 2.05) is 19.1 Å². The minimum absolute atomic E-state index is 0.000565. The van der Waals surface area contributed by atoms with Crippen molar-refractivity contribution in [2.24, 2.45) is 22.7 Å². The summed E-state index contributed by atoms with van der Waals surface area (Å²) < 4.78 is 18.2. The molecular weight excluding hydrogens is 433 g/mol. The molecule has 3 aliphatic rings. The average molecular weight is 468 g/mol. The van der Waals surface area contributed by atoms with Gasteiger partial charge in [0.15, 0.2) is 0 Å². The summed E-state index contributed by atoms with van der Waals surface area (Å²) in [6.45, 7) is 9.11. The Morgan fingerprint density at radius 2 is 2.03 bits per heavy atom. The van der Waals surface area contributed by atoms with Crippen molar-refractivity contribution in [3.05, 3.63) is 71.6 Å². The van der Waals surface area contributed by atoms with E-state index in [-0.39, 0.29) is 34.9 Å². The van der Waals surface area contributed by atoms with Crippen LogP contribution in [0, 0.1) is 28.5 Å². The summed E-state index contributed by atoms with van der Waals surface area (Å²) in [5, 5.41) is 14.1. The highest BCUT2D eigenvalue weighted by molar-refractivity contribution is 5.93. The van der Waals surface area contributed by atoms with Crippen LogP contribution >= 0.6 is 0 Å². The van der Waals surface area contributed by atoms with Crippen molar-refractivity contribution in [1.82, 2.24) is 5.32 Å². The molecule has 0 bridgehead atoms. The van der Waals surface area contributed by atoms with E-state index in [9.17, 15) is 19.1 Å². The monoisotopic (exact) mass is 467 g/mol. The molecule has 2 aliphatic carbocycles. The molecule has 2 saturated carbocycles. The molecule has 0 unspecified atom stereocenters. The second-order valence-electron chi connectivity index (χ2n) is 10.3. The Kier molecular flexibility index (Phi) is 6.81. The number of amides is 1. The number of hydrogen-bond acceptors (Lipinski definition) is 4. The van der Waals surface area contributed by atoms with E-state index in [1.165, 1.54) is 12.1 Å². The molecule has 2 N–H and O–H groups in total. The molecular formula is C28H34FNO4. The van der Waals surface area contributed by atoms with Gasteiger partial charge in [-0.2, -0.15) is 0 Å². The van der Waals surface area contributed by atoms with Gasteiger partial charge in [0.05, 0.1) is 17.1 Å². The molecule has 1 heterocycles. The topological polar surface area (TPSA) is 75.6 Å². The van der Waals surface area contributed by atoms with Gasteiger partial charge < -0.3 is 15.2 Å². The number of cyclic esters (lactones) is 1. The number of halogens is 1. The number of nitrogens with one attached hydrogen (secondary N) is 1. The van der Waals surface area contributed by atoms with Crippen LogP contribution in [0.25, 0.3) is 0 Å². The molecule has 0 radical (unpaired) electrons. The van der Waals surface area contributed by atoms with Gasteiger partial charge in [-0.25, -0.2) is 9.18 Å². The summed E-state index contributed by atoms with van der Waals surface area (Å²) in [6, 6.07) is 6.27. The van der Waals surface area contributed by atoms with E-state index in [2.05, 4.69) is 18.8 Å². The normalized spacial score (nSPS) is 33.4. The summed E-state index contributed by atoms with van der Waals surface area (Å²) in [5.41, 5.74) is 1.39. The number of carbonyl (C=O) groups excluding carboxylic acids is 2. The number of benzene rings is 1. The van der Waals surface area contributed by atoms with Crippen molar-refractivity contribution in [2.45, 2.75) is 52.1 Å². The zero-order valence-corrected chi connectivity index (χ0v) is 20.0. The zero-order valence-electron chi connectivity index (χ0n) is 20.0. The molecule has 5 nitrogen and oxygen atoms in total. The minimum Gasteiger partial charge on any atom is -0.458 e. The van der Waals surface area contributed by atoms with Crippen LogP contribution in [0.15, 0.2) is 60.2 Å². The van der Waals surface area contributed by atoms with E-state index in [0.29, 0.717) is 31.6 Å². The largest absolute Gasteiger partial charge is 0.458 e. The minimum atomic E-state index is -0.936. The Morgan fingerprint density at radius 1 is 1.29 bits per heavy atom. The van der Waals surface area contributed by atoms with Crippen LogP contribution in [0.2, 0.25) is 0 Å². The zero-order chi connectivity index (χ0) is 24.5. The van der Waals surface area contributed by atoms with Gasteiger partial charge in [0.25, 0.3) is 0 Å². The SMILES string of the molecule is C=C1CC[C@H]2[C@@](C)(CC[C@@H](O)[C@@]2(C)C(=O)NCCc2ccc(F)cc2)[C@@H]1/C=C/C1=CCOC1=O. The van der Waals surface area contributed by atoms with Crippen LogP contribution in [-0.2, 0) is 20.7 Å². The maximum Gasteiger partial charge on any atom is 0.338 e. The van der Waals surface area contributed by atoms with Crippen molar-refractivity contribution in [3.63, 3.8) is 0 Å². The third-order valence-electron chi connectivity index (χ3n) is 8.40. The van der Waals surface area contributed by atoms with Crippen LogP contribution in [0.5, 0.6) is 0 Å². The second-order valence-corrected chi connectivity index (χ2v) is 10.3. The van der Waals surface area contributed by atoms with Crippen LogP contribution in [-0.4, -0.2) is 36.2 Å². The predicted molar refractivity (Wildman–Crippen MR) is 128 cm³/mol. The lowest BCUT2D eigenvalue weighted by Crippen LogP contribution is -2.61. The maximum atomic E-state index is 13.5. The Labute approximate surface area is 200 Å². The molecule has 4 rings (SSSR count). The number of esters is 1. The summed E-state index contributed by atoms with van der Waals surface area (Å²) in [4.78, 5) is 25.4. The molecule has 0 saturated heterocycles. The fraction of sp³-hybridized carbons (Fsp3) is 0.500. The summed E-state index contributed by atoms with van der Waals surface area (Å²) in [6.07, 6.45) is 8.34. The lowest BCUT2D eigenvalue weighted by atomic mass is 9.46. The molecule has 0 spiro atoms. The molecule has 2 fully saturated rings. The first-order valence-electron chi connectivity index (χ1n) is 12.1. The molecule has 1 aromatic rings. The van der Waals surface area contributed by atoms with E-state index in [4.69, 9.17) is 4.74 Å². The van der Waals surface area contributed by atoms with Crippen molar-refractivity contribution in [1.29, 1.82) is 0 Å². The Bertz CT molecular complexity index is 1030. The summed E-state index contributed by atoms with van der Waals surface area (Å²) in [7, 11) is 0. The van der Waals surface area contributed by atoms with Gasteiger partial charge in [-0.15, -0.1) is 0 Å². The van der Waals surface area contributed by atoms with E-state index in [1.54, 1.807) is 18.2 Å². The number of ether oxygens (including phenoxy) is 1.